The van der Waals surface area contributed by atoms with E-state index < -0.39 is 5.97 Å². The Morgan fingerprint density at radius 2 is 1.90 bits per heavy atom. The van der Waals surface area contributed by atoms with Crippen molar-refractivity contribution in [3.8, 4) is 17.0 Å². The summed E-state index contributed by atoms with van der Waals surface area (Å²) in [5.74, 6) is 0.0388. The van der Waals surface area contributed by atoms with E-state index in [9.17, 15) is 4.79 Å². The molecular formula is C29H33FN6O4. The summed E-state index contributed by atoms with van der Waals surface area (Å²) in [5.41, 5.74) is 3.39. The number of anilines is 3. The van der Waals surface area contributed by atoms with Gasteiger partial charge >= 0.3 is 5.97 Å². The van der Waals surface area contributed by atoms with Gasteiger partial charge in [-0.3, -0.25) is 0 Å². The van der Waals surface area contributed by atoms with Crippen molar-refractivity contribution < 1.29 is 23.4 Å². The van der Waals surface area contributed by atoms with E-state index in [4.69, 9.17) is 14.2 Å². The Hall–Kier alpha value is -4.22. The minimum atomic E-state index is -0.487. The molecule has 0 radical (unpaired) electrons. The van der Waals surface area contributed by atoms with E-state index in [0.29, 0.717) is 29.7 Å². The molecule has 2 aromatic carbocycles. The Balaban J connectivity index is 1.33. The maximum absolute atomic E-state index is 15.0. The number of nitrogens with one attached hydrogen (secondary N) is 1. The van der Waals surface area contributed by atoms with E-state index >= 15 is 4.39 Å². The van der Waals surface area contributed by atoms with Gasteiger partial charge in [-0.15, -0.1) is 5.10 Å². The van der Waals surface area contributed by atoms with E-state index in [1.165, 1.54) is 6.07 Å². The molecule has 0 saturated carbocycles. The third-order valence-corrected chi connectivity index (χ3v) is 6.69. The Bertz CT molecular complexity index is 1470. The van der Waals surface area contributed by atoms with Crippen molar-refractivity contribution in [1.82, 2.24) is 19.5 Å². The highest BCUT2D eigenvalue weighted by Crippen LogP contribution is 2.31. The number of likely N-dealkylation sites (N-methyl/N-ethyl adjacent to an activating group) is 1. The van der Waals surface area contributed by atoms with Gasteiger partial charge in [0.1, 0.15) is 17.7 Å². The molecule has 1 fully saturated rings. The lowest BCUT2D eigenvalue weighted by Crippen LogP contribution is -2.44. The van der Waals surface area contributed by atoms with Crippen molar-refractivity contribution in [3.05, 3.63) is 66.6 Å². The Morgan fingerprint density at radius 3 is 2.67 bits per heavy atom. The van der Waals surface area contributed by atoms with Crippen LogP contribution >= 0.6 is 0 Å². The van der Waals surface area contributed by atoms with Crippen molar-refractivity contribution in [2.75, 3.05) is 63.8 Å². The van der Waals surface area contributed by atoms with Crippen LogP contribution in [0, 0.1) is 5.82 Å². The molecule has 0 spiro atoms. The third kappa shape index (κ3) is 6.32. The number of esters is 1. The number of nitrogens with zero attached hydrogens (tertiary/aromatic N) is 5. The van der Waals surface area contributed by atoms with Crippen LogP contribution in [0.25, 0.3) is 16.8 Å². The standard InChI is InChI=1S/C29H33FN6O4/c1-20(18-38-3)40-28(37)19-39-27-7-5-4-6-23(27)25-11-9-22-17-31-29(33-36(22)25)32-21-8-10-26(24(30)16-21)35-14-12-34(2)13-15-35/h4-11,16-17,20H,12-15,18-19H2,1-3H3,(H,32,33). The number of piperazine rings is 1. The van der Waals surface area contributed by atoms with Gasteiger partial charge in [0.25, 0.3) is 0 Å². The minimum absolute atomic E-state index is 0.244. The van der Waals surface area contributed by atoms with E-state index in [1.807, 2.05) is 36.4 Å². The summed E-state index contributed by atoms with van der Waals surface area (Å²) in [4.78, 5) is 20.9. The van der Waals surface area contributed by atoms with Crippen LogP contribution in [0.4, 0.5) is 21.7 Å². The first-order valence-electron chi connectivity index (χ1n) is 13.2. The molecule has 1 N–H and O–H groups in total. The number of methoxy groups -OCH3 is 1. The SMILES string of the molecule is COCC(C)OC(=O)COc1ccccc1-c1ccc2cnc(Nc3ccc(N4CCN(C)CC4)c(F)c3)nn12. The number of hydrogen-bond acceptors (Lipinski definition) is 9. The predicted molar refractivity (Wildman–Crippen MR) is 151 cm³/mol. The smallest absolute Gasteiger partial charge is 0.344 e. The second kappa shape index (κ2) is 12.3. The summed E-state index contributed by atoms with van der Waals surface area (Å²) >= 11 is 0. The highest BCUT2D eigenvalue weighted by Gasteiger charge is 2.18. The van der Waals surface area contributed by atoms with Crippen LogP contribution < -0.4 is 15.0 Å². The molecule has 3 heterocycles. The molecule has 1 aliphatic rings. The molecule has 0 amide bonds. The zero-order valence-electron chi connectivity index (χ0n) is 22.8. The van der Waals surface area contributed by atoms with Crippen LogP contribution in [-0.2, 0) is 14.3 Å². The quantitative estimate of drug-likeness (QED) is 0.295. The molecule has 10 nitrogen and oxygen atoms in total. The predicted octanol–water partition coefficient (Wildman–Crippen LogP) is 3.99. The summed E-state index contributed by atoms with van der Waals surface area (Å²) in [5, 5.41) is 7.76. The average Bonchev–Trinajstić information content (AvgIpc) is 3.36. The molecule has 1 aliphatic heterocycles. The Kier molecular flexibility index (Phi) is 8.42. The second-order valence-corrected chi connectivity index (χ2v) is 9.76. The topological polar surface area (TPSA) is 93.5 Å². The molecule has 11 heteroatoms. The molecule has 2 aromatic heterocycles. The number of fused-ring (bicyclic) bond motifs is 1. The van der Waals surface area contributed by atoms with E-state index in [2.05, 4.69) is 32.2 Å². The second-order valence-electron chi connectivity index (χ2n) is 9.76. The van der Waals surface area contributed by atoms with Gasteiger partial charge in [0, 0.05) is 44.5 Å². The largest absolute Gasteiger partial charge is 0.481 e. The summed E-state index contributed by atoms with van der Waals surface area (Å²) in [6.07, 6.45) is 1.32. The van der Waals surface area contributed by atoms with E-state index in [1.54, 1.807) is 36.9 Å². The number of carbonyl (C=O) groups is 1. The van der Waals surface area contributed by atoms with Gasteiger partial charge in [0.05, 0.1) is 29.7 Å². The lowest BCUT2D eigenvalue weighted by Gasteiger charge is -2.34. The monoisotopic (exact) mass is 548 g/mol. The van der Waals surface area contributed by atoms with Gasteiger partial charge in [-0.05, 0) is 56.4 Å². The average molecular weight is 549 g/mol. The van der Waals surface area contributed by atoms with E-state index in [-0.39, 0.29) is 18.5 Å². The number of ether oxygens (including phenoxy) is 3. The fraction of sp³-hybridized carbons (Fsp3) is 0.345. The minimum Gasteiger partial charge on any atom is -0.481 e. The number of rotatable bonds is 10. The first-order chi connectivity index (χ1) is 19.4. The number of para-hydroxylation sites is 1. The zero-order chi connectivity index (χ0) is 28.1. The molecular weight excluding hydrogens is 515 g/mol. The molecule has 5 rings (SSSR count). The normalized spacial score (nSPS) is 14.8. The van der Waals surface area contributed by atoms with Crippen LogP contribution in [0.2, 0.25) is 0 Å². The summed E-state index contributed by atoms with van der Waals surface area (Å²) in [7, 11) is 3.62. The maximum Gasteiger partial charge on any atom is 0.344 e. The Labute approximate surface area is 232 Å². The van der Waals surface area contributed by atoms with Gasteiger partial charge in [-0.25, -0.2) is 18.7 Å². The van der Waals surface area contributed by atoms with Crippen molar-refractivity contribution in [2.45, 2.75) is 13.0 Å². The molecule has 0 aliphatic carbocycles. The maximum atomic E-state index is 15.0. The summed E-state index contributed by atoms with van der Waals surface area (Å²) < 4.78 is 32.8. The molecule has 0 bridgehead atoms. The number of aromatic nitrogens is 3. The van der Waals surface area contributed by atoms with Crippen LogP contribution in [-0.4, -0.2) is 85.1 Å². The van der Waals surface area contributed by atoms with Crippen LogP contribution in [0.15, 0.2) is 60.8 Å². The van der Waals surface area contributed by atoms with Crippen LogP contribution in [0.1, 0.15) is 6.92 Å². The van der Waals surface area contributed by atoms with Crippen molar-refractivity contribution in [2.24, 2.45) is 0 Å². The van der Waals surface area contributed by atoms with Crippen molar-refractivity contribution >= 4 is 28.8 Å². The Morgan fingerprint density at radius 1 is 1.10 bits per heavy atom. The number of carbonyl (C=O) groups excluding carboxylic acids is 1. The van der Waals surface area contributed by atoms with Gasteiger partial charge in [-0.1, -0.05) is 12.1 Å². The highest BCUT2D eigenvalue weighted by molar-refractivity contribution is 5.74. The number of hydrogen-bond donors (Lipinski definition) is 1. The van der Waals surface area contributed by atoms with Gasteiger partial charge in [0.15, 0.2) is 6.61 Å². The fourth-order valence-corrected chi connectivity index (χ4v) is 4.65. The van der Waals surface area contributed by atoms with Crippen LogP contribution in [0.3, 0.4) is 0 Å². The third-order valence-electron chi connectivity index (χ3n) is 6.69. The van der Waals surface area contributed by atoms with Crippen molar-refractivity contribution in [3.63, 3.8) is 0 Å². The molecule has 1 atom stereocenters. The summed E-state index contributed by atoms with van der Waals surface area (Å²) in [6, 6.07) is 16.3. The van der Waals surface area contributed by atoms with Crippen LogP contribution in [0.5, 0.6) is 5.75 Å². The van der Waals surface area contributed by atoms with E-state index in [0.717, 1.165) is 43.0 Å². The summed E-state index contributed by atoms with van der Waals surface area (Å²) in [6.45, 7) is 5.19. The lowest BCUT2D eigenvalue weighted by atomic mass is 10.1. The van der Waals surface area contributed by atoms with Gasteiger partial charge in [0.2, 0.25) is 5.95 Å². The highest BCUT2D eigenvalue weighted by atomic mass is 19.1. The lowest BCUT2D eigenvalue weighted by molar-refractivity contribution is -0.152. The van der Waals surface area contributed by atoms with Crippen molar-refractivity contribution in [1.29, 1.82) is 0 Å². The fourth-order valence-electron chi connectivity index (χ4n) is 4.65. The number of halogens is 1. The number of benzene rings is 2. The molecule has 4 aromatic rings. The molecule has 1 unspecified atom stereocenters. The molecule has 40 heavy (non-hydrogen) atoms. The molecule has 210 valence electrons. The zero-order valence-corrected chi connectivity index (χ0v) is 22.8. The molecule has 1 saturated heterocycles. The first kappa shape index (κ1) is 27.4. The van der Waals surface area contributed by atoms with Gasteiger partial charge < -0.3 is 29.3 Å². The van der Waals surface area contributed by atoms with Gasteiger partial charge in [-0.2, -0.15) is 0 Å². The first-order valence-corrected chi connectivity index (χ1v) is 13.2.